The van der Waals surface area contributed by atoms with E-state index in [9.17, 15) is 0 Å². The van der Waals surface area contributed by atoms with E-state index in [0.717, 1.165) is 6.26 Å². The number of aliphatic hydroxyl groups is 2. The Morgan fingerprint density at radius 3 is 1.46 bits per heavy atom. The van der Waals surface area contributed by atoms with Gasteiger partial charge < -0.3 is 19.9 Å². The highest BCUT2D eigenvalue weighted by molar-refractivity contribution is 6.16. The monoisotopic (exact) mass is 189 g/mol. The van der Waals surface area contributed by atoms with Crippen LogP contribution in [0.2, 0.25) is 0 Å². The molecule has 0 saturated heterocycles. The predicted octanol–water partition coefficient (Wildman–Crippen LogP) is 0.201. The van der Waals surface area contributed by atoms with E-state index < -0.39 is 11.2 Å². The molecule has 0 aromatic heterocycles. The Morgan fingerprint density at radius 2 is 1.46 bits per heavy atom. The van der Waals surface area contributed by atoms with Gasteiger partial charge in [-0.1, -0.05) is 6.58 Å². The van der Waals surface area contributed by atoms with Gasteiger partial charge in [0.15, 0.2) is 0 Å². The maximum absolute atomic E-state index is 9.10. The largest absolute Gasteiger partial charge is 0.568 e. The quantitative estimate of drug-likeness (QED) is 0.438. The average Bonchev–Trinajstić information content (AvgIpc) is 1.85. The average molecular weight is 189 g/mol. The minimum absolute atomic E-state index is 0.562. The van der Waals surface area contributed by atoms with Gasteiger partial charge >= 0.3 is 7.69 Å². The molecule has 0 heterocycles. The zero-order chi connectivity index (χ0) is 11.1. The van der Waals surface area contributed by atoms with Crippen molar-refractivity contribution >= 4 is 7.69 Å². The van der Waals surface area contributed by atoms with Gasteiger partial charge in [0.25, 0.3) is 0 Å². The molecule has 0 unspecified atom stereocenters. The second-order valence-corrected chi connectivity index (χ2v) is 3.53. The predicted molar refractivity (Wildman–Crippen MR) is 51.9 cm³/mol. The SMILES string of the molecule is C=CO[B]O.CC(C)(O)C(C)(C)O. The summed E-state index contributed by atoms with van der Waals surface area (Å²) in [6, 6.07) is 0. The molecule has 3 N–H and O–H groups in total. The Balaban J connectivity index is 0. The first-order chi connectivity index (χ1) is 5.66. The van der Waals surface area contributed by atoms with Crippen molar-refractivity contribution in [1.82, 2.24) is 0 Å². The molecule has 0 spiro atoms. The van der Waals surface area contributed by atoms with Gasteiger partial charge in [-0.2, -0.15) is 0 Å². The summed E-state index contributed by atoms with van der Waals surface area (Å²) in [6.45, 7) is 9.44. The highest BCUT2D eigenvalue weighted by Gasteiger charge is 2.31. The molecule has 0 aliphatic heterocycles. The van der Waals surface area contributed by atoms with E-state index in [-0.39, 0.29) is 0 Å². The third-order valence-corrected chi connectivity index (χ3v) is 1.65. The Morgan fingerprint density at radius 1 is 1.15 bits per heavy atom. The van der Waals surface area contributed by atoms with Crippen molar-refractivity contribution < 1.29 is 19.9 Å². The molecule has 77 valence electrons. The lowest BCUT2D eigenvalue weighted by atomic mass is 9.90. The molecule has 0 aliphatic carbocycles. The topological polar surface area (TPSA) is 69.9 Å². The molecule has 0 amide bonds. The normalized spacial score (nSPS) is 11.0. The van der Waals surface area contributed by atoms with Gasteiger partial charge in [0.2, 0.25) is 0 Å². The van der Waals surface area contributed by atoms with Crippen LogP contribution in [-0.2, 0) is 4.65 Å². The fourth-order valence-corrected chi connectivity index (χ4v) is 0.0430. The first-order valence-corrected chi connectivity index (χ1v) is 3.84. The van der Waals surface area contributed by atoms with Gasteiger partial charge in [0.05, 0.1) is 17.5 Å². The summed E-state index contributed by atoms with van der Waals surface area (Å²) in [5.74, 6) is 0. The maximum atomic E-state index is 9.10. The van der Waals surface area contributed by atoms with Crippen LogP contribution >= 0.6 is 0 Å². The molecule has 0 atom stereocenters. The zero-order valence-corrected chi connectivity index (χ0v) is 8.61. The Labute approximate surface area is 80.2 Å². The van der Waals surface area contributed by atoms with Crippen molar-refractivity contribution in [3.8, 4) is 0 Å². The number of hydrogen-bond donors (Lipinski definition) is 3. The molecule has 0 aromatic rings. The Kier molecular flexibility index (Phi) is 6.93. The molecule has 13 heavy (non-hydrogen) atoms. The highest BCUT2D eigenvalue weighted by Crippen LogP contribution is 2.19. The van der Waals surface area contributed by atoms with E-state index in [0.29, 0.717) is 7.69 Å². The van der Waals surface area contributed by atoms with Crippen LogP contribution in [0.1, 0.15) is 27.7 Å². The van der Waals surface area contributed by atoms with E-state index in [1.807, 2.05) is 0 Å². The van der Waals surface area contributed by atoms with Gasteiger partial charge in [-0.15, -0.1) is 0 Å². The second kappa shape index (κ2) is 6.02. The summed E-state index contributed by atoms with van der Waals surface area (Å²) < 4.78 is 4.03. The van der Waals surface area contributed by atoms with Gasteiger partial charge in [0.1, 0.15) is 0 Å². The highest BCUT2D eigenvalue weighted by atomic mass is 16.5. The molecule has 0 fully saturated rings. The van der Waals surface area contributed by atoms with Gasteiger partial charge in [0, 0.05) is 0 Å². The van der Waals surface area contributed by atoms with Crippen LogP contribution in [0.15, 0.2) is 12.8 Å². The lowest BCUT2D eigenvalue weighted by molar-refractivity contribution is -0.107. The zero-order valence-electron chi connectivity index (χ0n) is 8.61. The van der Waals surface area contributed by atoms with E-state index in [1.165, 1.54) is 0 Å². The van der Waals surface area contributed by atoms with Crippen LogP contribution in [0.3, 0.4) is 0 Å². The van der Waals surface area contributed by atoms with Gasteiger partial charge in [-0.05, 0) is 27.7 Å². The summed E-state index contributed by atoms with van der Waals surface area (Å²) in [6.07, 6.45) is 1.12. The van der Waals surface area contributed by atoms with Crippen LogP contribution in [0, 0.1) is 0 Å². The Hall–Kier alpha value is -0.515. The molecule has 1 radical (unpaired) electrons. The summed E-state index contributed by atoms with van der Waals surface area (Å²) in [7, 11) is 0.562. The fourth-order valence-electron chi connectivity index (χ4n) is 0.0430. The molecule has 5 heteroatoms. The van der Waals surface area contributed by atoms with Crippen LogP contribution < -0.4 is 0 Å². The third-order valence-electron chi connectivity index (χ3n) is 1.65. The third kappa shape index (κ3) is 9.40. The van der Waals surface area contributed by atoms with Crippen LogP contribution in [0.4, 0.5) is 0 Å². The van der Waals surface area contributed by atoms with E-state index in [1.54, 1.807) is 27.7 Å². The minimum atomic E-state index is -1.01. The Bertz CT molecular complexity index is 122. The fraction of sp³-hybridized carbons (Fsp3) is 0.750. The van der Waals surface area contributed by atoms with Crippen molar-refractivity contribution in [2.75, 3.05) is 0 Å². The lowest BCUT2D eigenvalue weighted by Crippen LogP contribution is -2.44. The maximum Gasteiger partial charge on any atom is 0.568 e. The summed E-state index contributed by atoms with van der Waals surface area (Å²) in [5, 5.41) is 25.9. The van der Waals surface area contributed by atoms with E-state index in [2.05, 4.69) is 11.2 Å². The first kappa shape index (κ1) is 15.0. The van der Waals surface area contributed by atoms with Crippen molar-refractivity contribution in [3.05, 3.63) is 12.8 Å². The molecule has 0 saturated carbocycles. The number of hydrogen-bond acceptors (Lipinski definition) is 4. The van der Waals surface area contributed by atoms with E-state index in [4.69, 9.17) is 15.2 Å². The minimum Gasteiger partial charge on any atom is -0.544 e. The summed E-state index contributed by atoms with van der Waals surface area (Å²) in [4.78, 5) is 0. The van der Waals surface area contributed by atoms with Crippen LogP contribution in [0.5, 0.6) is 0 Å². The molecule has 0 rings (SSSR count). The second-order valence-electron chi connectivity index (χ2n) is 3.53. The van der Waals surface area contributed by atoms with Crippen LogP contribution in [-0.4, -0.2) is 34.1 Å². The van der Waals surface area contributed by atoms with Crippen molar-refractivity contribution in [2.45, 2.75) is 38.9 Å². The van der Waals surface area contributed by atoms with Gasteiger partial charge in [-0.25, -0.2) is 0 Å². The molecular weight excluding hydrogens is 171 g/mol. The van der Waals surface area contributed by atoms with E-state index >= 15 is 0 Å². The van der Waals surface area contributed by atoms with Crippen molar-refractivity contribution in [1.29, 1.82) is 0 Å². The molecule has 0 bridgehead atoms. The molecule has 4 nitrogen and oxygen atoms in total. The van der Waals surface area contributed by atoms with Crippen LogP contribution in [0.25, 0.3) is 0 Å². The molecular formula is C8H18BO4. The van der Waals surface area contributed by atoms with Crippen molar-refractivity contribution in [2.24, 2.45) is 0 Å². The lowest BCUT2D eigenvalue weighted by Gasteiger charge is -2.31. The first-order valence-electron chi connectivity index (χ1n) is 3.84. The van der Waals surface area contributed by atoms with Gasteiger partial charge in [-0.3, -0.25) is 0 Å². The van der Waals surface area contributed by atoms with Crippen molar-refractivity contribution in [3.63, 3.8) is 0 Å². The molecule has 0 aromatic carbocycles. The standard InChI is InChI=1S/C6H14O2.C2H4BO2/c1-5(2,7)6(3,4)8;1-2-5-3-4/h7-8H,1-4H3;2,4H,1H2. The number of rotatable bonds is 3. The summed E-state index contributed by atoms with van der Waals surface area (Å²) >= 11 is 0. The summed E-state index contributed by atoms with van der Waals surface area (Å²) in [5.41, 5.74) is -2.01. The smallest absolute Gasteiger partial charge is 0.544 e. The molecule has 0 aliphatic rings.